The van der Waals surface area contributed by atoms with E-state index in [1.807, 2.05) is 18.2 Å². The van der Waals surface area contributed by atoms with Crippen molar-refractivity contribution in [3.8, 4) is 0 Å². The van der Waals surface area contributed by atoms with Crippen LogP contribution in [0.5, 0.6) is 0 Å². The first-order valence-corrected chi connectivity index (χ1v) is 7.77. The van der Waals surface area contributed by atoms with Crippen LogP contribution in [0.1, 0.15) is 37.9 Å². The Labute approximate surface area is 128 Å². The fourth-order valence-electron chi connectivity index (χ4n) is 2.70. The van der Waals surface area contributed by atoms with Crippen LogP contribution < -0.4 is 10.6 Å². The highest BCUT2D eigenvalue weighted by molar-refractivity contribution is 9.10. The highest BCUT2D eigenvalue weighted by Crippen LogP contribution is 2.32. The zero-order chi connectivity index (χ0) is 14.7. The van der Waals surface area contributed by atoms with Crippen molar-refractivity contribution in [3.63, 3.8) is 0 Å². The molecule has 5 heteroatoms. The zero-order valence-corrected chi connectivity index (χ0v) is 13.3. The predicted octanol–water partition coefficient (Wildman–Crippen LogP) is 2.59. The summed E-state index contributed by atoms with van der Waals surface area (Å²) in [6, 6.07) is 5.97. The van der Waals surface area contributed by atoms with Crippen LogP contribution in [0, 0.1) is 5.92 Å². The number of nitrogens with two attached hydrogens (primary N) is 1. The van der Waals surface area contributed by atoms with Crippen molar-refractivity contribution in [2.75, 3.05) is 18.0 Å². The molecule has 1 aromatic rings. The minimum atomic E-state index is -0.457. The summed E-state index contributed by atoms with van der Waals surface area (Å²) >= 11 is 3.58. The van der Waals surface area contributed by atoms with Gasteiger partial charge in [-0.25, -0.2) is 0 Å². The van der Waals surface area contributed by atoms with E-state index in [2.05, 4.69) is 20.8 Å². The van der Waals surface area contributed by atoms with Gasteiger partial charge in [-0.2, -0.15) is 0 Å². The molecule has 0 spiro atoms. The van der Waals surface area contributed by atoms with E-state index in [0.29, 0.717) is 12.3 Å². The fraction of sp³-hybridized carbons (Fsp3) is 0.533. The standard InChI is InChI=1S/C15H21BrN2O2/c1-10(19)12-2-3-14(13(16)9-12)18-6-4-11(5-7-18)8-15(17)20/h2-3,9-11,19H,4-8H2,1H3,(H2,17,20)/t10-/m0/s1. The molecular weight excluding hydrogens is 320 g/mol. The number of nitrogens with zero attached hydrogens (tertiary/aromatic N) is 1. The number of primary amides is 1. The van der Waals surface area contributed by atoms with Crippen LogP contribution >= 0.6 is 15.9 Å². The molecule has 1 aliphatic rings. The molecule has 0 saturated carbocycles. The number of hydrogen-bond acceptors (Lipinski definition) is 3. The second kappa shape index (κ2) is 6.59. The molecule has 110 valence electrons. The predicted molar refractivity (Wildman–Crippen MR) is 83.5 cm³/mol. The molecule has 4 nitrogen and oxygen atoms in total. The Morgan fingerprint density at radius 2 is 2.15 bits per heavy atom. The molecule has 0 radical (unpaired) electrons. The van der Waals surface area contributed by atoms with Gasteiger partial charge < -0.3 is 15.7 Å². The van der Waals surface area contributed by atoms with Crippen molar-refractivity contribution in [1.82, 2.24) is 0 Å². The number of carbonyl (C=O) groups excluding carboxylic acids is 1. The molecule has 1 aliphatic heterocycles. The molecule has 1 heterocycles. The SMILES string of the molecule is C[C@H](O)c1ccc(N2CCC(CC(N)=O)CC2)c(Br)c1. The smallest absolute Gasteiger partial charge is 0.217 e. The fourth-order valence-corrected chi connectivity index (χ4v) is 3.35. The summed E-state index contributed by atoms with van der Waals surface area (Å²) in [5, 5.41) is 9.59. The van der Waals surface area contributed by atoms with Gasteiger partial charge in [0.1, 0.15) is 0 Å². The Morgan fingerprint density at radius 1 is 1.50 bits per heavy atom. The number of halogens is 1. The van der Waals surface area contributed by atoms with E-state index < -0.39 is 6.10 Å². The van der Waals surface area contributed by atoms with Crippen molar-refractivity contribution in [2.24, 2.45) is 11.7 Å². The van der Waals surface area contributed by atoms with Gasteiger partial charge in [-0.05, 0) is 59.3 Å². The van der Waals surface area contributed by atoms with E-state index in [0.717, 1.165) is 41.7 Å². The number of rotatable bonds is 4. The molecule has 1 fully saturated rings. The molecule has 0 aliphatic carbocycles. The van der Waals surface area contributed by atoms with Gasteiger partial charge >= 0.3 is 0 Å². The maximum Gasteiger partial charge on any atom is 0.217 e. The van der Waals surface area contributed by atoms with Crippen LogP contribution in [-0.4, -0.2) is 24.1 Å². The van der Waals surface area contributed by atoms with Crippen LogP contribution in [0.15, 0.2) is 22.7 Å². The largest absolute Gasteiger partial charge is 0.389 e. The molecule has 1 amide bonds. The third-order valence-corrected chi connectivity index (χ3v) is 4.53. The number of anilines is 1. The summed E-state index contributed by atoms with van der Waals surface area (Å²) in [6.45, 7) is 3.63. The van der Waals surface area contributed by atoms with Crippen LogP contribution in [0.4, 0.5) is 5.69 Å². The molecule has 2 rings (SSSR count). The molecular formula is C15H21BrN2O2. The van der Waals surface area contributed by atoms with Gasteiger partial charge in [0, 0.05) is 24.0 Å². The number of benzene rings is 1. The quantitative estimate of drug-likeness (QED) is 0.885. The van der Waals surface area contributed by atoms with Crippen LogP contribution in [0.2, 0.25) is 0 Å². The van der Waals surface area contributed by atoms with Gasteiger partial charge in [0.25, 0.3) is 0 Å². The van der Waals surface area contributed by atoms with Crippen molar-refractivity contribution < 1.29 is 9.90 Å². The van der Waals surface area contributed by atoms with Crippen molar-refractivity contribution in [1.29, 1.82) is 0 Å². The molecule has 0 bridgehead atoms. The van der Waals surface area contributed by atoms with Gasteiger partial charge in [-0.15, -0.1) is 0 Å². The summed E-state index contributed by atoms with van der Waals surface area (Å²) in [7, 11) is 0. The van der Waals surface area contributed by atoms with Gasteiger partial charge in [0.2, 0.25) is 5.91 Å². The summed E-state index contributed by atoms with van der Waals surface area (Å²) in [5.41, 5.74) is 7.31. The maximum absolute atomic E-state index is 11.0. The Kier molecular flexibility index (Phi) is 5.05. The minimum absolute atomic E-state index is 0.203. The highest BCUT2D eigenvalue weighted by Gasteiger charge is 2.22. The van der Waals surface area contributed by atoms with Crippen molar-refractivity contribution >= 4 is 27.5 Å². The van der Waals surface area contributed by atoms with E-state index in [1.54, 1.807) is 6.92 Å². The number of piperidine rings is 1. The van der Waals surface area contributed by atoms with Gasteiger partial charge in [-0.1, -0.05) is 6.07 Å². The average Bonchev–Trinajstić information content (AvgIpc) is 2.39. The van der Waals surface area contributed by atoms with Gasteiger partial charge in [0.15, 0.2) is 0 Å². The van der Waals surface area contributed by atoms with Crippen molar-refractivity contribution in [2.45, 2.75) is 32.3 Å². The third-order valence-electron chi connectivity index (χ3n) is 3.90. The lowest BCUT2D eigenvalue weighted by molar-refractivity contribution is -0.119. The molecule has 1 atom stereocenters. The lowest BCUT2D eigenvalue weighted by Crippen LogP contribution is -2.35. The Hall–Kier alpha value is -1.07. The molecule has 1 saturated heterocycles. The summed E-state index contributed by atoms with van der Waals surface area (Å²) in [6.07, 6.45) is 2.03. The second-order valence-corrected chi connectivity index (χ2v) is 6.34. The van der Waals surface area contributed by atoms with Gasteiger partial charge in [-0.3, -0.25) is 4.79 Å². The minimum Gasteiger partial charge on any atom is -0.389 e. The summed E-state index contributed by atoms with van der Waals surface area (Å²) in [4.78, 5) is 13.3. The Morgan fingerprint density at radius 3 is 2.65 bits per heavy atom. The first-order valence-electron chi connectivity index (χ1n) is 6.98. The van der Waals surface area contributed by atoms with Crippen molar-refractivity contribution in [3.05, 3.63) is 28.2 Å². The molecule has 0 unspecified atom stereocenters. The monoisotopic (exact) mass is 340 g/mol. The normalized spacial score (nSPS) is 18.1. The van der Waals surface area contributed by atoms with E-state index in [4.69, 9.17) is 5.73 Å². The molecule has 0 aromatic heterocycles. The average molecular weight is 341 g/mol. The highest BCUT2D eigenvalue weighted by atomic mass is 79.9. The van der Waals surface area contributed by atoms with Crippen LogP contribution in [0.25, 0.3) is 0 Å². The summed E-state index contributed by atoms with van der Waals surface area (Å²) in [5.74, 6) is 0.213. The molecule has 3 N–H and O–H groups in total. The van der Waals surface area contributed by atoms with Crippen LogP contribution in [0.3, 0.4) is 0 Å². The van der Waals surface area contributed by atoms with E-state index >= 15 is 0 Å². The van der Waals surface area contributed by atoms with E-state index in [-0.39, 0.29) is 5.91 Å². The third kappa shape index (κ3) is 3.73. The first kappa shape index (κ1) is 15.3. The number of aliphatic hydroxyl groups is 1. The first-order chi connectivity index (χ1) is 9.47. The topological polar surface area (TPSA) is 66.6 Å². The number of hydrogen-bond donors (Lipinski definition) is 2. The van der Waals surface area contributed by atoms with E-state index in [1.165, 1.54) is 0 Å². The Balaban J connectivity index is 2.02. The maximum atomic E-state index is 11.0. The number of amides is 1. The summed E-state index contributed by atoms with van der Waals surface area (Å²) < 4.78 is 1.00. The number of aliphatic hydroxyl groups excluding tert-OH is 1. The zero-order valence-electron chi connectivity index (χ0n) is 11.7. The Bertz CT molecular complexity index is 483. The van der Waals surface area contributed by atoms with Gasteiger partial charge in [0.05, 0.1) is 11.8 Å². The lowest BCUT2D eigenvalue weighted by Gasteiger charge is -2.34. The molecule has 1 aromatic carbocycles. The second-order valence-electron chi connectivity index (χ2n) is 5.49. The van der Waals surface area contributed by atoms with E-state index in [9.17, 15) is 9.90 Å². The number of carbonyl (C=O) groups is 1. The lowest BCUT2D eigenvalue weighted by atomic mass is 9.93. The molecule has 20 heavy (non-hydrogen) atoms. The van der Waals surface area contributed by atoms with Crippen LogP contribution in [-0.2, 0) is 4.79 Å².